The summed E-state index contributed by atoms with van der Waals surface area (Å²) >= 11 is 0. The van der Waals surface area contributed by atoms with Gasteiger partial charge in [-0.2, -0.15) is 18.3 Å². The minimum Gasteiger partial charge on any atom is -0.370 e. The van der Waals surface area contributed by atoms with Crippen LogP contribution in [0.5, 0.6) is 0 Å². The summed E-state index contributed by atoms with van der Waals surface area (Å²) < 4.78 is 38.8. The van der Waals surface area contributed by atoms with Gasteiger partial charge >= 0.3 is 6.18 Å². The van der Waals surface area contributed by atoms with Gasteiger partial charge < -0.3 is 10.6 Å². The van der Waals surface area contributed by atoms with Gasteiger partial charge in [0.25, 0.3) is 5.56 Å². The molecule has 2 atom stereocenters. The second kappa shape index (κ2) is 6.05. The number of aromatic nitrogens is 2. The molecule has 8 heteroatoms. The third kappa shape index (κ3) is 3.55. The van der Waals surface area contributed by atoms with Crippen molar-refractivity contribution in [2.45, 2.75) is 32.0 Å². The average molecular weight is 304 g/mol. The third-order valence-electron chi connectivity index (χ3n) is 3.73. The number of hydrogen-bond acceptors (Lipinski definition) is 4. The SMILES string of the molecule is CC1CCCN(c2cnn(C(CN)C(F)(F)F)c(=O)c2)C1. The molecule has 21 heavy (non-hydrogen) atoms. The lowest BCUT2D eigenvalue weighted by Gasteiger charge is -2.32. The van der Waals surface area contributed by atoms with E-state index in [0.717, 1.165) is 25.9 Å². The van der Waals surface area contributed by atoms with Gasteiger partial charge in [0.15, 0.2) is 6.04 Å². The molecule has 2 heterocycles. The molecule has 1 aromatic rings. The minimum absolute atomic E-state index is 0.414. The van der Waals surface area contributed by atoms with Gasteiger partial charge in [-0.25, -0.2) is 4.68 Å². The van der Waals surface area contributed by atoms with E-state index in [0.29, 0.717) is 16.3 Å². The van der Waals surface area contributed by atoms with Crippen LogP contribution >= 0.6 is 0 Å². The Hall–Kier alpha value is -1.57. The summed E-state index contributed by atoms with van der Waals surface area (Å²) in [6.07, 6.45) is -1.16. The predicted molar refractivity (Wildman–Crippen MR) is 73.3 cm³/mol. The van der Waals surface area contributed by atoms with Gasteiger partial charge in [-0.15, -0.1) is 0 Å². The van der Waals surface area contributed by atoms with Crippen LogP contribution in [0.1, 0.15) is 25.8 Å². The zero-order valence-electron chi connectivity index (χ0n) is 11.8. The Morgan fingerprint density at radius 1 is 1.52 bits per heavy atom. The van der Waals surface area contributed by atoms with Crippen LogP contribution in [0, 0.1) is 5.92 Å². The fourth-order valence-corrected chi connectivity index (χ4v) is 2.61. The van der Waals surface area contributed by atoms with Crippen molar-refractivity contribution in [2.24, 2.45) is 11.7 Å². The second-order valence-electron chi connectivity index (χ2n) is 5.48. The molecule has 0 aromatic carbocycles. The summed E-state index contributed by atoms with van der Waals surface area (Å²) in [7, 11) is 0. The Balaban J connectivity index is 2.27. The molecular weight excluding hydrogens is 285 g/mol. The summed E-state index contributed by atoms with van der Waals surface area (Å²) in [5, 5.41) is 3.68. The van der Waals surface area contributed by atoms with Crippen molar-refractivity contribution in [1.82, 2.24) is 9.78 Å². The largest absolute Gasteiger partial charge is 0.412 e. The molecule has 2 rings (SSSR count). The Bertz CT molecular complexity index is 543. The highest BCUT2D eigenvalue weighted by atomic mass is 19.4. The summed E-state index contributed by atoms with van der Waals surface area (Å²) in [4.78, 5) is 13.9. The molecule has 0 spiro atoms. The predicted octanol–water partition coefficient (Wildman–Crippen LogP) is 1.54. The van der Waals surface area contributed by atoms with Crippen molar-refractivity contribution in [2.75, 3.05) is 24.5 Å². The number of hydrogen-bond donors (Lipinski definition) is 1. The lowest BCUT2D eigenvalue weighted by atomic mass is 10.00. The molecule has 0 radical (unpaired) electrons. The number of piperidine rings is 1. The molecular formula is C13H19F3N4O. The van der Waals surface area contributed by atoms with E-state index in [-0.39, 0.29) is 0 Å². The molecule has 2 unspecified atom stereocenters. The highest BCUT2D eigenvalue weighted by Crippen LogP contribution is 2.28. The Kier molecular flexibility index (Phi) is 4.55. The first-order valence-corrected chi connectivity index (χ1v) is 6.93. The molecule has 0 amide bonds. The van der Waals surface area contributed by atoms with E-state index >= 15 is 0 Å². The smallest absolute Gasteiger partial charge is 0.370 e. The van der Waals surface area contributed by atoms with Crippen LogP contribution in [0.3, 0.4) is 0 Å². The summed E-state index contributed by atoms with van der Waals surface area (Å²) in [6, 6.07) is -0.876. The van der Waals surface area contributed by atoms with E-state index in [1.807, 2.05) is 4.90 Å². The van der Waals surface area contributed by atoms with E-state index in [1.54, 1.807) is 0 Å². The second-order valence-corrected chi connectivity index (χ2v) is 5.48. The van der Waals surface area contributed by atoms with Crippen LogP contribution in [0.25, 0.3) is 0 Å². The van der Waals surface area contributed by atoms with E-state index in [9.17, 15) is 18.0 Å². The summed E-state index contributed by atoms with van der Waals surface area (Å²) in [5.41, 5.74) is 4.92. The molecule has 0 saturated carbocycles. The van der Waals surface area contributed by atoms with E-state index in [4.69, 9.17) is 5.73 Å². The van der Waals surface area contributed by atoms with Gasteiger partial charge in [0.1, 0.15) is 0 Å². The maximum atomic E-state index is 12.8. The number of rotatable bonds is 3. The molecule has 1 aliphatic rings. The molecule has 5 nitrogen and oxygen atoms in total. The first kappa shape index (κ1) is 15.8. The normalized spacial score (nSPS) is 21.4. The number of anilines is 1. The molecule has 118 valence electrons. The lowest BCUT2D eigenvalue weighted by Crippen LogP contribution is -2.41. The van der Waals surface area contributed by atoms with Crippen LogP contribution in [-0.2, 0) is 0 Å². The molecule has 1 aliphatic heterocycles. The molecule has 0 aliphatic carbocycles. The fourth-order valence-electron chi connectivity index (χ4n) is 2.61. The number of nitrogens with zero attached hydrogens (tertiary/aromatic N) is 3. The molecule has 1 fully saturated rings. The topological polar surface area (TPSA) is 64.2 Å². The third-order valence-corrected chi connectivity index (χ3v) is 3.73. The standard InChI is InChI=1S/C13H19F3N4O/c1-9-3-2-4-19(8-9)10-5-12(21)20(18-7-10)11(6-17)13(14,15)16/h5,7,9,11H,2-4,6,8,17H2,1H3. The Morgan fingerprint density at radius 3 is 2.76 bits per heavy atom. The zero-order chi connectivity index (χ0) is 15.6. The Labute approximate surface area is 120 Å². The van der Waals surface area contributed by atoms with Gasteiger partial charge in [-0.3, -0.25) is 4.79 Å². The first-order valence-electron chi connectivity index (χ1n) is 6.93. The highest BCUT2D eigenvalue weighted by Gasteiger charge is 2.41. The Morgan fingerprint density at radius 2 is 2.24 bits per heavy atom. The van der Waals surface area contributed by atoms with Gasteiger partial charge in [0.2, 0.25) is 0 Å². The monoisotopic (exact) mass is 304 g/mol. The number of nitrogens with two attached hydrogens (primary N) is 1. The van der Waals surface area contributed by atoms with Crippen LogP contribution in [0.4, 0.5) is 18.9 Å². The number of alkyl halides is 3. The van der Waals surface area contributed by atoms with E-state index < -0.39 is 24.3 Å². The van der Waals surface area contributed by atoms with Crippen molar-refractivity contribution in [3.63, 3.8) is 0 Å². The average Bonchev–Trinajstić information content (AvgIpc) is 2.40. The summed E-state index contributed by atoms with van der Waals surface area (Å²) in [6.45, 7) is 2.96. The fraction of sp³-hybridized carbons (Fsp3) is 0.692. The summed E-state index contributed by atoms with van der Waals surface area (Å²) in [5.74, 6) is 0.494. The van der Waals surface area contributed by atoms with Crippen molar-refractivity contribution < 1.29 is 13.2 Å². The maximum absolute atomic E-state index is 12.8. The van der Waals surface area contributed by atoms with Crippen LogP contribution < -0.4 is 16.2 Å². The first-order chi connectivity index (χ1) is 9.82. The van der Waals surface area contributed by atoms with Gasteiger partial charge in [-0.1, -0.05) is 6.92 Å². The quantitative estimate of drug-likeness (QED) is 0.920. The molecule has 1 aromatic heterocycles. The minimum atomic E-state index is -4.59. The van der Waals surface area contributed by atoms with E-state index in [2.05, 4.69) is 12.0 Å². The lowest BCUT2D eigenvalue weighted by molar-refractivity contribution is -0.168. The van der Waals surface area contributed by atoms with Crippen molar-refractivity contribution >= 4 is 5.69 Å². The molecule has 0 bridgehead atoms. The van der Waals surface area contributed by atoms with Crippen LogP contribution in [0.2, 0.25) is 0 Å². The number of halogens is 3. The van der Waals surface area contributed by atoms with Gasteiger partial charge in [0.05, 0.1) is 11.9 Å². The van der Waals surface area contributed by atoms with Crippen LogP contribution in [-0.4, -0.2) is 35.6 Å². The van der Waals surface area contributed by atoms with Crippen molar-refractivity contribution in [3.05, 3.63) is 22.6 Å². The van der Waals surface area contributed by atoms with E-state index in [1.165, 1.54) is 12.3 Å². The molecule has 1 saturated heterocycles. The highest BCUT2D eigenvalue weighted by molar-refractivity contribution is 5.43. The van der Waals surface area contributed by atoms with Gasteiger partial charge in [-0.05, 0) is 18.8 Å². The van der Waals surface area contributed by atoms with Gasteiger partial charge in [0, 0.05) is 25.7 Å². The van der Waals surface area contributed by atoms with Crippen molar-refractivity contribution in [1.29, 1.82) is 0 Å². The van der Waals surface area contributed by atoms with Crippen molar-refractivity contribution in [3.8, 4) is 0 Å². The maximum Gasteiger partial charge on any atom is 0.412 e. The zero-order valence-corrected chi connectivity index (χ0v) is 11.8. The molecule has 2 N–H and O–H groups in total. The van der Waals surface area contributed by atoms with Crippen LogP contribution in [0.15, 0.2) is 17.1 Å².